The van der Waals surface area contributed by atoms with Crippen molar-refractivity contribution in [3.63, 3.8) is 0 Å². The van der Waals surface area contributed by atoms with E-state index < -0.39 is 0 Å². The molecule has 0 amide bonds. The highest BCUT2D eigenvalue weighted by Gasteiger charge is 2.01. The van der Waals surface area contributed by atoms with Crippen molar-refractivity contribution in [1.82, 2.24) is 9.97 Å². The molecule has 0 bridgehead atoms. The molecule has 0 radical (unpaired) electrons. The molecule has 1 aromatic carbocycles. The van der Waals surface area contributed by atoms with Gasteiger partial charge in [0.15, 0.2) is 0 Å². The predicted octanol–water partition coefficient (Wildman–Crippen LogP) is 3.55. The average molecular weight is 259 g/mol. The zero-order chi connectivity index (χ0) is 10.3. The van der Waals surface area contributed by atoms with Crippen LogP contribution in [0.2, 0.25) is 0 Å². The van der Waals surface area contributed by atoms with Crippen LogP contribution in [0.4, 0.5) is 0 Å². The summed E-state index contributed by atoms with van der Waals surface area (Å²) in [4.78, 5) is 8.79. The van der Waals surface area contributed by atoms with E-state index in [2.05, 4.69) is 32.0 Å². The lowest BCUT2D eigenvalue weighted by Crippen LogP contribution is -1.84. The van der Waals surface area contributed by atoms with Crippen molar-refractivity contribution in [2.45, 2.75) is 0 Å². The van der Waals surface area contributed by atoms with Gasteiger partial charge < -0.3 is 0 Å². The number of fused-ring (bicyclic) bond motifs is 3. The molecule has 0 fully saturated rings. The molecule has 3 rings (SSSR count). The predicted molar refractivity (Wildman–Crippen MR) is 64.7 cm³/mol. The first kappa shape index (κ1) is 8.80. The summed E-state index contributed by atoms with van der Waals surface area (Å²) in [5, 5.41) is 2.24. The fraction of sp³-hybridized carbons (Fsp3) is 0. The highest BCUT2D eigenvalue weighted by Crippen LogP contribution is 2.23. The van der Waals surface area contributed by atoms with E-state index in [1.165, 1.54) is 0 Å². The number of pyridine rings is 2. The molecule has 0 saturated heterocycles. The Balaban J connectivity index is 2.55. The molecule has 3 heteroatoms. The van der Waals surface area contributed by atoms with Gasteiger partial charge in [0.25, 0.3) is 0 Å². The third kappa shape index (κ3) is 1.39. The van der Waals surface area contributed by atoms with Gasteiger partial charge in [-0.25, -0.2) is 4.98 Å². The van der Waals surface area contributed by atoms with Gasteiger partial charge >= 0.3 is 0 Å². The maximum absolute atomic E-state index is 4.40. The number of nitrogens with zero attached hydrogens (tertiary/aromatic N) is 2. The first-order chi connectivity index (χ1) is 7.34. The first-order valence-corrected chi connectivity index (χ1v) is 5.44. The van der Waals surface area contributed by atoms with E-state index in [9.17, 15) is 0 Å². The van der Waals surface area contributed by atoms with Crippen molar-refractivity contribution in [2.24, 2.45) is 0 Å². The first-order valence-electron chi connectivity index (χ1n) is 4.64. The smallest absolute Gasteiger partial charge is 0.106 e. The zero-order valence-electron chi connectivity index (χ0n) is 7.81. The van der Waals surface area contributed by atoms with Crippen molar-refractivity contribution < 1.29 is 0 Å². The van der Waals surface area contributed by atoms with Crippen LogP contribution in [0, 0.1) is 0 Å². The number of benzene rings is 1. The Morgan fingerprint density at radius 3 is 2.87 bits per heavy atom. The molecule has 0 aliphatic carbocycles. The normalized spacial score (nSPS) is 11.0. The van der Waals surface area contributed by atoms with E-state index in [1.54, 1.807) is 0 Å². The standard InChI is InChI=1S/C12H7BrN2/c13-11-6-4-9-10(15-11)5-3-8-2-1-7-14-12(8)9/h1-7H. The average Bonchev–Trinajstić information content (AvgIpc) is 2.28. The summed E-state index contributed by atoms with van der Waals surface area (Å²) in [6.07, 6.45) is 1.81. The summed E-state index contributed by atoms with van der Waals surface area (Å²) < 4.78 is 0.852. The molecule has 72 valence electrons. The lowest BCUT2D eigenvalue weighted by atomic mass is 10.1. The molecule has 0 saturated carbocycles. The second kappa shape index (κ2) is 3.28. The van der Waals surface area contributed by atoms with Crippen LogP contribution < -0.4 is 0 Å². The lowest BCUT2D eigenvalue weighted by Gasteiger charge is -2.01. The van der Waals surface area contributed by atoms with Crippen LogP contribution in [0.3, 0.4) is 0 Å². The van der Waals surface area contributed by atoms with Crippen LogP contribution in [-0.4, -0.2) is 9.97 Å². The number of aromatic nitrogens is 2. The van der Waals surface area contributed by atoms with Gasteiger partial charge in [0, 0.05) is 17.0 Å². The van der Waals surface area contributed by atoms with Crippen molar-refractivity contribution in [3.05, 3.63) is 47.2 Å². The Kier molecular flexibility index (Phi) is 1.92. The van der Waals surface area contributed by atoms with Gasteiger partial charge in [0.2, 0.25) is 0 Å². The number of hydrogen-bond donors (Lipinski definition) is 0. The zero-order valence-corrected chi connectivity index (χ0v) is 9.40. The Morgan fingerprint density at radius 1 is 1.00 bits per heavy atom. The maximum atomic E-state index is 4.40. The summed E-state index contributed by atoms with van der Waals surface area (Å²) in [6, 6.07) is 12.1. The van der Waals surface area contributed by atoms with Gasteiger partial charge in [-0.15, -0.1) is 0 Å². The minimum absolute atomic E-state index is 0.852. The van der Waals surface area contributed by atoms with E-state index in [-0.39, 0.29) is 0 Å². The summed E-state index contributed by atoms with van der Waals surface area (Å²) in [5.74, 6) is 0. The fourth-order valence-electron chi connectivity index (χ4n) is 1.72. The minimum Gasteiger partial charge on any atom is -0.256 e. The van der Waals surface area contributed by atoms with Gasteiger partial charge in [0.05, 0.1) is 11.0 Å². The summed E-state index contributed by atoms with van der Waals surface area (Å²) in [6.45, 7) is 0. The van der Waals surface area contributed by atoms with Crippen LogP contribution in [0.15, 0.2) is 47.2 Å². The topological polar surface area (TPSA) is 25.8 Å². The van der Waals surface area contributed by atoms with Crippen LogP contribution in [0.25, 0.3) is 21.8 Å². The van der Waals surface area contributed by atoms with E-state index in [4.69, 9.17) is 0 Å². The Morgan fingerprint density at radius 2 is 1.93 bits per heavy atom. The van der Waals surface area contributed by atoms with Crippen molar-refractivity contribution in [2.75, 3.05) is 0 Å². The number of hydrogen-bond acceptors (Lipinski definition) is 2. The maximum Gasteiger partial charge on any atom is 0.106 e. The number of rotatable bonds is 0. The lowest BCUT2D eigenvalue weighted by molar-refractivity contribution is 1.35. The van der Waals surface area contributed by atoms with E-state index >= 15 is 0 Å². The van der Waals surface area contributed by atoms with E-state index in [0.717, 1.165) is 26.4 Å². The molecule has 2 heterocycles. The third-order valence-electron chi connectivity index (χ3n) is 2.41. The van der Waals surface area contributed by atoms with Gasteiger partial charge in [0.1, 0.15) is 4.60 Å². The van der Waals surface area contributed by atoms with Crippen LogP contribution in [0.1, 0.15) is 0 Å². The van der Waals surface area contributed by atoms with Crippen LogP contribution >= 0.6 is 15.9 Å². The monoisotopic (exact) mass is 258 g/mol. The molecule has 0 aliphatic heterocycles. The Bertz CT molecular complexity index is 649. The van der Waals surface area contributed by atoms with Crippen LogP contribution in [-0.2, 0) is 0 Å². The van der Waals surface area contributed by atoms with Gasteiger partial charge in [-0.05, 0) is 40.2 Å². The fourth-order valence-corrected chi connectivity index (χ4v) is 2.05. The molecule has 0 aliphatic rings. The molecule has 15 heavy (non-hydrogen) atoms. The molecule has 3 aromatic rings. The summed E-state index contributed by atoms with van der Waals surface area (Å²) in [5.41, 5.74) is 1.98. The molecule has 2 nitrogen and oxygen atoms in total. The summed E-state index contributed by atoms with van der Waals surface area (Å²) >= 11 is 3.36. The van der Waals surface area contributed by atoms with E-state index in [0.29, 0.717) is 0 Å². The van der Waals surface area contributed by atoms with Gasteiger partial charge in [-0.2, -0.15) is 0 Å². The van der Waals surface area contributed by atoms with Crippen molar-refractivity contribution in [3.8, 4) is 0 Å². The van der Waals surface area contributed by atoms with Crippen molar-refractivity contribution in [1.29, 1.82) is 0 Å². The number of halogens is 1. The molecular formula is C12H7BrN2. The highest BCUT2D eigenvalue weighted by atomic mass is 79.9. The quantitative estimate of drug-likeness (QED) is 0.455. The van der Waals surface area contributed by atoms with Gasteiger partial charge in [-0.1, -0.05) is 12.1 Å². The second-order valence-electron chi connectivity index (χ2n) is 3.34. The molecule has 0 atom stereocenters. The molecule has 0 spiro atoms. The van der Waals surface area contributed by atoms with Crippen LogP contribution in [0.5, 0.6) is 0 Å². The Labute approximate surface area is 95.1 Å². The second-order valence-corrected chi connectivity index (χ2v) is 4.15. The molecular weight excluding hydrogens is 252 g/mol. The molecule has 0 unspecified atom stereocenters. The Hall–Kier alpha value is -1.48. The largest absolute Gasteiger partial charge is 0.256 e. The highest BCUT2D eigenvalue weighted by molar-refractivity contribution is 9.10. The summed E-state index contributed by atoms with van der Waals surface area (Å²) in [7, 11) is 0. The minimum atomic E-state index is 0.852. The third-order valence-corrected chi connectivity index (χ3v) is 2.85. The molecule has 2 aromatic heterocycles. The van der Waals surface area contributed by atoms with E-state index in [1.807, 2.05) is 36.5 Å². The van der Waals surface area contributed by atoms with Crippen molar-refractivity contribution >= 4 is 37.7 Å². The van der Waals surface area contributed by atoms with Gasteiger partial charge in [-0.3, -0.25) is 4.98 Å². The molecule has 0 N–H and O–H groups in total. The SMILES string of the molecule is Brc1ccc2c(ccc3cccnc32)n1.